The van der Waals surface area contributed by atoms with Crippen molar-refractivity contribution in [2.75, 3.05) is 32.8 Å². The van der Waals surface area contributed by atoms with E-state index in [0.717, 1.165) is 50.8 Å². The van der Waals surface area contributed by atoms with Gasteiger partial charge in [0, 0.05) is 64.5 Å². The molecule has 4 aromatic rings. The molecule has 2 saturated heterocycles. The van der Waals surface area contributed by atoms with E-state index in [1.165, 1.54) is 6.92 Å². The van der Waals surface area contributed by atoms with E-state index in [4.69, 9.17) is 23.7 Å². The maximum absolute atomic E-state index is 14.8. The Labute approximate surface area is 321 Å². The number of phenols is 1. The smallest absolute Gasteiger partial charge is 0.333 e. The summed E-state index contributed by atoms with van der Waals surface area (Å²) in [5, 5.41) is 31.0. The van der Waals surface area contributed by atoms with Gasteiger partial charge in [-0.3, -0.25) is 15.0 Å². The summed E-state index contributed by atoms with van der Waals surface area (Å²) >= 11 is 1.54. The summed E-state index contributed by atoms with van der Waals surface area (Å²) in [6.45, 7) is 7.60. The van der Waals surface area contributed by atoms with Crippen LogP contribution in [0.5, 0.6) is 28.7 Å². The van der Waals surface area contributed by atoms with Crippen LogP contribution in [-0.2, 0) is 32.7 Å². The number of thioether (sulfide) groups is 1. The normalized spacial score (nSPS) is 28.8. The van der Waals surface area contributed by atoms with Gasteiger partial charge in [-0.25, -0.2) is 4.79 Å². The Hall–Kier alpha value is -4.94. The highest BCUT2D eigenvalue weighted by Crippen LogP contribution is 2.63. The quantitative estimate of drug-likeness (QED) is 0.164. The number of aryl methyl sites for hydroxylation is 2. The highest BCUT2D eigenvalue weighted by molar-refractivity contribution is 7.99. The number of esters is 2. The van der Waals surface area contributed by atoms with Gasteiger partial charge in [-0.15, -0.1) is 11.8 Å². The molecule has 1 unspecified atom stereocenters. The molecule has 284 valence electrons. The van der Waals surface area contributed by atoms with Crippen LogP contribution in [0.2, 0.25) is 0 Å². The first-order chi connectivity index (χ1) is 26.6. The maximum atomic E-state index is 14.8. The van der Waals surface area contributed by atoms with Crippen molar-refractivity contribution in [2.45, 2.75) is 81.5 Å². The molecule has 4 N–H and O–H groups in total. The van der Waals surface area contributed by atoms with Crippen LogP contribution in [0.1, 0.15) is 74.5 Å². The van der Waals surface area contributed by atoms with Crippen molar-refractivity contribution in [2.24, 2.45) is 0 Å². The first-order valence-electron chi connectivity index (χ1n) is 18.7. The molecule has 1 spiro atoms. The Morgan fingerprint density at radius 3 is 2.71 bits per heavy atom. The predicted octanol–water partition coefficient (Wildman–Crippen LogP) is 4.72. The Morgan fingerprint density at radius 1 is 1.11 bits per heavy atom. The first-order valence-corrected chi connectivity index (χ1v) is 19.7. The summed E-state index contributed by atoms with van der Waals surface area (Å²) in [7, 11) is 1.55. The molecule has 7 atom stereocenters. The highest BCUT2D eigenvalue weighted by atomic mass is 32.2. The van der Waals surface area contributed by atoms with Gasteiger partial charge in [0.25, 0.3) is 0 Å². The van der Waals surface area contributed by atoms with E-state index in [1.807, 2.05) is 19.9 Å². The number of nitrogens with one attached hydrogen (secondary N) is 3. The van der Waals surface area contributed by atoms with Crippen LogP contribution < -0.4 is 29.6 Å². The van der Waals surface area contributed by atoms with Crippen LogP contribution in [0.15, 0.2) is 24.3 Å². The van der Waals surface area contributed by atoms with Gasteiger partial charge >= 0.3 is 11.9 Å². The standard InChI is InChI=1S/C41H41N5O8S/c1-17-6-7-24-23(10-17)22-8-9-43-41(39(22)45-24)15-55-38-30-29(37-36(52-16-53-37)19(3)35(30)54-20(4)47)27(14-51-40(41)49)46-26(13-42)25-12-21-11-18(2)34(50-5)33(48)28(21)31(44-25)32(38)46/h6-7,10-11,25-27,31-32,38,43-45,48H,8-9,12,14-16H2,1-5H3/t25-,26-,27-,31+,32?,38+,41+/m0/s1. The summed E-state index contributed by atoms with van der Waals surface area (Å²) in [6, 6.07) is 8.25. The third kappa shape index (κ3) is 4.70. The van der Waals surface area contributed by atoms with E-state index >= 15 is 0 Å². The van der Waals surface area contributed by atoms with Crippen LogP contribution in [0, 0.1) is 32.1 Å². The predicted molar refractivity (Wildman–Crippen MR) is 202 cm³/mol. The van der Waals surface area contributed by atoms with Crippen LogP contribution >= 0.6 is 11.8 Å². The molecule has 2 fully saturated rings. The van der Waals surface area contributed by atoms with Crippen LogP contribution in [0.25, 0.3) is 10.9 Å². The number of ether oxygens (including phenoxy) is 5. The molecular formula is C41H41N5O8S. The second-order valence-electron chi connectivity index (χ2n) is 15.5. The summed E-state index contributed by atoms with van der Waals surface area (Å²) in [5.41, 5.74) is 7.18. The van der Waals surface area contributed by atoms with E-state index in [-0.39, 0.29) is 30.9 Å². The number of aromatic nitrogens is 1. The van der Waals surface area contributed by atoms with Crippen molar-refractivity contribution in [1.82, 2.24) is 20.5 Å². The molecule has 7 aliphatic rings. The number of rotatable bonds is 2. The molecule has 0 saturated carbocycles. The second-order valence-corrected chi connectivity index (χ2v) is 16.6. The molecule has 14 heteroatoms. The zero-order valence-corrected chi connectivity index (χ0v) is 31.9. The van der Waals surface area contributed by atoms with E-state index in [0.29, 0.717) is 52.7 Å². The average molecular weight is 764 g/mol. The number of nitrogens with zero attached hydrogens (tertiary/aromatic N) is 2. The van der Waals surface area contributed by atoms with Gasteiger partial charge in [-0.05, 0) is 62.4 Å². The number of carbonyl (C=O) groups is 2. The molecule has 7 aliphatic heterocycles. The Balaban J connectivity index is 1.24. The third-order valence-electron chi connectivity index (χ3n) is 12.5. The van der Waals surface area contributed by atoms with E-state index in [1.54, 1.807) is 18.9 Å². The van der Waals surface area contributed by atoms with E-state index in [2.05, 4.69) is 51.7 Å². The van der Waals surface area contributed by atoms with Crippen LogP contribution in [0.4, 0.5) is 0 Å². The van der Waals surface area contributed by atoms with Crippen molar-refractivity contribution in [1.29, 1.82) is 5.26 Å². The summed E-state index contributed by atoms with van der Waals surface area (Å²) in [5.74, 6) is 1.10. The summed E-state index contributed by atoms with van der Waals surface area (Å²) < 4.78 is 30.6. The minimum Gasteiger partial charge on any atom is -0.504 e. The molecular weight excluding hydrogens is 723 g/mol. The molecule has 1 aromatic heterocycles. The van der Waals surface area contributed by atoms with Crippen molar-refractivity contribution in [3.8, 4) is 34.8 Å². The number of aromatic hydroxyl groups is 1. The average Bonchev–Trinajstić information content (AvgIpc) is 3.80. The number of nitriles is 1. The topological polar surface area (TPSA) is 167 Å². The summed E-state index contributed by atoms with van der Waals surface area (Å²) in [6.07, 6.45) is 1.22. The van der Waals surface area contributed by atoms with Gasteiger partial charge < -0.3 is 39.1 Å². The van der Waals surface area contributed by atoms with Crippen LogP contribution in [0.3, 0.4) is 0 Å². The monoisotopic (exact) mass is 763 g/mol. The number of benzene rings is 3. The fourth-order valence-electron chi connectivity index (χ4n) is 10.4. The van der Waals surface area contributed by atoms with Gasteiger partial charge in [0.1, 0.15) is 18.4 Å². The lowest BCUT2D eigenvalue weighted by Crippen LogP contribution is -2.69. The van der Waals surface area contributed by atoms with Gasteiger partial charge in [-0.2, -0.15) is 5.26 Å². The minimum absolute atomic E-state index is 0.0373. The lowest BCUT2D eigenvalue weighted by atomic mass is 9.72. The Bertz CT molecular complexity index is 2410. The number of phenolic OH excluding ortho intramolecular Hbond substituents is 1. The molecule has 0 amide bonds. The number of fused-ring (bicyclic) bond motifs is 11. The number of hydrogen-bond acceptors (Lipinski definition) is 13. The van der Waals surface area contributed by atoms with Crippen molar-refractivity contribution >= 4 is 34.6 Å². The van der Waals surface area contributed by atoms with Crippen molar-refractivity contribution in [3.63, 3.8) is 0 Å². The Morgan fingerprint density at radius 2 is 1.93 bits per heavy atom. The van der Waals surface area contributed by atoms with Gasteiger partial charge in [0.15, 0.2) is 28.5 Å². The fourth-order valence-corrected chi connectivity index (χ4v) is 12.1. The third-order valence-corrected chi connectivity index (χ3v) is 14.0. The van der Waals surface area contributed by atoms with Crippen molar-refractivity contribution < 1.29 is 38.4 Å². The van der Waals surface area contributed by atoms with E-state index < -0.39 is 46.9 Å². The fraction of sp³-hybridized carbons (Fsp3) is 0.439. The number of methoxy groups -OCH3 is 1. The Kier molecular flexibility index (Phi) is 7.71. The number of H-pyrrole nitrogens is 1. The molecule has 13 nitrogen and oxygen atoms in total. The van der Waals surface area contributed by atoms with Gasteiger partial charge in [-0.1, -0.05) is 17.7 Å². The molecule has 8 heterocycles. The lowest BCUT2D eigenvalue weighted by molar-refractivity contribution is -0.155. The number of aromatic amines is 1. The molecule has 3 aromatic carbocycles. The zero-order chi connectivity index (χ0) is 38.1. The van der Waals surface area contributed by atoms with Crippen molar-refractivity contribution in [3.05, 3.63) is 74.5 Å². The highest BCUT2D eigenvalue weighted by Gasteiger charge is 2.60. The first kappa shape index (κ1) is 34.5. The molecule has 55 heavy (non-hydrogen) atoms. The molecule has 11 rings (SSSR count). The number of hydrogen-bond donors (Lipinski definition) is 4. The van der Waals surface area contributed by atoms with Crippen LogP contribution in [-0.4, -0.2) is 77.9 Å². The van der Waals surface area contributed by atoms with Gasteiger partial charge in [0.2, 0.25) is 6.79 Å². The largest absolute Gasteiger partial charge is 0.504 e. The zero-order valence-electron chi connectivity index (χ0n) is 31.1. The minimum atomic E-state index is -1.24. The molecule has 4 bridgehead atoms. The SMILES string of the molecule is COc1c(C)cc2c(c1O)[C@H]1N[C@@H](C2)[C@H](C#N)N2C1[C@@H]1SC[C@]3(NCCc4c3[nH]c3ccc(C)cc43)C(=O)OC[C@H]2c2c3c(c(C)c(OC(C)=O)c21)OCO3. The molecule has 0 radical (unpaired) electrons. The second kappa shape index (κ2) is 12.3. The lowest BCUT2D eigenvalue weighted by Gasteiger charge is -2.59. The number of carbonyl (C=O) groups excluding carboxylic acids is 2. The van der Waals surface area contributed by atoms with E-state index in [9.17, 15) is 20.0 Å². The molecule has 0 aliphatic carbocycles. The maximum Gasteiger partial charge on any atom is 0.333 e. The summed E-state index contributed by atoms with van der Waals surface area (Å²) in [4.78, 5) is 33.5. The van der Waals surface area contributed by atoms with Gasteiger partial charge in [0.05, 0.1) is 36.2 Å². The number of piperazine rings is 1.